The fraction of sp³-hybridized carbons (Fsp3) is 0.235. The number of aryl methyl sites for hydroxylation is 1. The number of hydrogen-bond acceptors (Lipinski definition) is 4. The number of ether oxygens (including phenoxy) is 1. The van der Waals surface area contributed by atoms with E-state index >= 15 is 0 Å². The van der Waals surface area contributed by atoms with Gasteiger partial charge in [-0.25, -0.2) is 4.98 Å². The van der Waals surface area contributed by atoms with E-state index in [-0.39, 0.29) is 17.9 Å². The van der Waals surface area contributed by atoms with Gasteiger partial charge in [-0.2, -0.15) is 13.9 Å². The molecule has 0 aliphatic carbocycles. The van der Waals surface area contributed by atoms with E-state index in [1.54, 1.807) is 43.0 Å². The Balaban J connectivity index is 1.97. The van der Waals surface area contributed by atoms with Crippen LogP contribution in [0.2, 0.25) is 0 Å². The van der Waals surface area contributed by atoms with Gasteiger partial charge in [0, 0.05) is 14.1 Å². The summed E-state index contributed by atoms with van der Waals surface area (Å²) in [6.07, 6.45) is 1.38. The van der Waals surface area contributed by atoms with Gasteiger partial charge in [-0.15, -0.1) is 0 Å². The minimum Gasteiger partial charge on any atom is -0.434 e. The second-order valence-electron chi connectivity index (χ2n) is 5.54. The van der Waals surface area contributed by atoms with Crippen molar-refractivity contribution in [1.82, 2.24) is 19.7 Å². The van der Waals surface area contributed by atoms with Crippen LogP contribution in [0.3, 0.4) is 0 Å². The van der Waals surface area contributed by atoms with Crippen molar-refractivity contribution in [1.29, 1.82) is 0 Å². The van der Waals surface area contributed by atoms with Crippen molar-refractivity contribution in [2.45, 2.75) is 13.2 Å². The molecule has 8 heteroatoms. The molecular formula is C17H16F2N4O2. The van der Waals surface area contributed by atoms with Crippen LogP contribution in [0.4, 0.5) is 8.78 Å². The summed E-state index contributed by atoms with van der Waals surface area (Å²) in [4.78, 5) is 18.2. The number of fused-ring (bicyclic) bond motifs is 1. The van der Waals surface area contributed by atoms with Gasteiger partial charge in [-0.3, -0.25) is 9.48 Å². The van der Waals surface area contributed by atoms with E-state index in [1.807, 2.05) is 6.07 Å². The minimum absolute atomic E-state index is 0.0728. The van der Waals surface area contributed by atoms with Gasteiger partial charge in [-0.05, 0) is 22.9 Å². The number of hydrogen-bond donors (Lipinski definition) is 0. The first-order valence-corrected chi connectivity index (χ1v) is 7.51. The van der Waals surface area contributed by atoms with E-state index < -0.39 is 12.5 Å². The molecule has 3 aromatic rings. The lowest BCUT2D eigenvalue weighted by Gasteiger charge is -2.19. The number of halogens is 2. The van der Waals surface area contributed by atoms with Crippen LogP contribution in [0, 0.1) is 0 Å². The SMILES string of the molecule is CN(Cc1ncnn1C)C(=O)c1cc2ccccc2cc1OC(F)F. The molecule has 0 N–H and O–H groups in total. The topological polar surface area (TPSA) is 60.2 Å². The molecule has 130 valence electrons. The highest BCUT2D eigenvalue weighted by atomic mass is 19.3. The standard InChI is InChI=1S/C17H16F2N4O2/c1-22(9-15-20-10-21-23(15)2)16(24)13-7-11-5-3-4-6-12(11)8-14(13)25-17(18)19/h3-8,10,17H,9H2,1-2H3. The predicted octanol–water partition coefficient (Wildman–Crippen LogP) is 2.84. The van der Waals surface area contributed by atoms with Crippen molar-refractivity contribution in [3.63, 3.8) is 0 Å². The van der Waals surface area contributed by atoms with Crippen molar-refractivity contribution in [2.75, 3.05) is 7.05 Å². The Kier molecular flexibility index (Phi) is 4.60. The van der Waals surface area contributed by atoms with Gasteiger partial charge in [0.1, 0.15) is 17.9 Å². The molecule has 0 atom stereocenters. The first kappa shape index (κ1) is 16.8. The number of amides is 1. The van der Waals surface area contributed by atoms with E-state index in [2.05, 4.69) is 14.8 Å². The van der Waals surface area contributed by atoms with Crippen LogP contribution in [0.25, 0.3) is 10.8 Å². The molecule has 3 rings (SSSR count). The highest BCUT2D eigenvalue weighted by molar-refractivity contribution is 6.01. The fourth-order valence-electron chi connectivity index (χ4n) is 2.53. The zero-order valence-electron chi connectivity index (χ0n) is 13.7. The Morgan fingerprint density at radius 3 is 2.56 bits per heavy atom. The lowest BCUT2D eigenvalue weighted by atomic mass is 10.0. The van der Waals surface area contributed by atoms with Crippen LogP contribution in [0.1, 0.15) is 16.2 Å². The number of rotatable bonds is 5. The van der Waals surface area contributed by atoms with Crippen LogP contribution in [-0.4, -0.2) is 39.2 Å². The van der Waals surface area contributed by atoms with Gasteiger partial charge >= 0.3 is 6.61 Å². The van der Waals surface area contributed by atoms with E-state index in [1.165, 1.54) is 17.3 Å². The maximum atomic E-state index is 12.8. The number of alkyl halides is 2. The number of aromatic nitrogens is 3. The van der Waals surface area contributed by atoms with Crippen LogP contribution in [0.15, 0.2) is 42.7 Å². The largest absolute Gasteiger partial charge is 0.434 e. The Morgan fingerprint density at radius 2 is 1.96 bits per heavy atom. The molecule has 0 unspecified atom stereocenters. The van der Waals surface area contributed by atoms with Gasteiger partial charge in [-0.1, -0.05) is 24.3 Å². The zero-order chi connectivity index (χ0) is 18.0. The lowest BCUT2D eigenvalue weighted by Crippen LogP contribution is -2.28. The van der Waals surface area contributed by atoms with Gasteiger partial charge in [0.2, 0.25) is 0 Å². The predicted molar refractivity (Wildman–Crippen MR) is 87.4 cm³/mol. The zero-order valence-corrected chi connectivity index (χ0v) is 13.7. The van der Waals surface area contributed by atoms with Gasteiger partial charge < -0.3 is 9.64 Å². The number of carbonyl (C=O) groups excluding carboxylic acids is 1. The summed E-state index contributed by atoms with van der Waals surface area (Å²) in [6, 6.07) is 10.2. The molecule has 0 fully saturated rings. The van der Waals surface area contributed by atoms with Crippen LogP contribution < -0.4 is 4.74 Å². The lowest BCUT2D eigenvalue weighted by molar-refractivity contribution is -0.0501. The smallest absolute Gasteiger partial charge is 0.387 e. The second-order valence-corrected chi connectivity index (χ2v) is 5.54. The first-order valence-electron chi connectivity index (χ1n) is 7.51. The van der Waals surface area contributed by atoms with E-state index in [4.69, 9.17) is 0 Å². The minimum atomic E-state index is -3.02. The summed E-state index contributed by atoms with van der Waals surface area (Å²) < 4.78 is 31.6. The van der Waals surface area contributed by atoms with Crippen LogP contribution in [0.5, 0.6) is 5.75 Å². The van der Waals surface area contributed by atoms with Gasteiger partial charge in [0.25, 0.3) is 5.91 Å². The maximum Gasteiger partial charge on any atom is 0.387 e. The normalized spacial score (nSPS) is 11.1. The second kappa shape index (κ2) is 6.84. The molecule has 0 spiro atoms. The molecule has 0 aliphatic heterocycles. The third-order valence-electron chi connectivity index (χ3n) is 3.82. The monoisotopic (exact) mass is 346 g/mol. The maximum absolute atomic E-state index is 12.8. The van der Waals surface area contributed by atoms with Crippen molar-refractivity contribution < 1.29 is 18.3 Å². The molecule has 0 bridgehead atoms. The molecular weight excluding hydrogens is 330 g/mol. The molecule has 25 heavy (non-hydrogen) atoms. The third kappa shape index (κ3) is 3.57. The summed E-state index contributed by atoms with van der Waals surface area (Å²) >= 11 is 0. The molecule has 2 aromatic carbocycles. The van der Waals surface area contributed by atoms with Crippen LogP contribution >= 0.6 is 0 Å². The Hall–Kier alpha value is -3.03. The van der Waals surface area contributed by atoms with E-state index in [9.17, 15) is 13.6 Å². The summed E-state index contributed by atoms with van der Waals surface area (Å²) in [5, 5.41) is 5.42. The van der Waals surface area contributed by atoms with Crippen molar-refractivity contribution >= 4 is 16.7 Å². The average Bonchev–Trinajstić information content (AvgIpc) is 2.98. The summed E-state index contributed by atoms with van der Waals surface area (Å²) in [5.74, 6) is -0.0131. The average molecular weight is 346 g/mol. The first-order chi connectivity index (χ1) is 12.0. The number of nitrogens with zero attached hydrogens (tertiary/aromatic N) is 4. The molecule has 1 amide bonds. The van der Waals surface area contributed by atoms with Crippen molar-refractivity contribution in [3.8, 4) is 5.75 Å². The summed E-state index contributed by atoms with van der Waals surface area (Å²) in [6.45, 7) is -2.83. The molecule has 1 heterocycles. The molecule has 1 aromatic heterocycles. The Morgan fingerprint density at radius 1 is 1.28 bits per heavy atom. The summed E-state index contributed by atoms with van der Waals surface area (Å²) in [5.41, 5.74) is 0.0728. The molecule has 6 nitrogen and oxygen atoms in total. The highest BCUT2D eigenvalue weighted by Gasteiger charge is 2.21. The van der Waals surface area contributed by atoms with Gasteiger partial charge in [0.05, 0.1) is 12.1 Å². The highest BCUT2D eigenvalue weighted by Crippen LogP contribution is 2.28. The fourth-order valence-corrected chi connectivity index (χ4v) is 2.53. The number of benzene rings is 2. The van der Waals surface area contributed by atoms with Crippen molar-refractivity contribution in [2.24, 2.45) is 7.05 Å². The molecule has 0 saturated carbocycles. The molecule has 0 saturated heterocycles. The van der Waals surface area contributed by atoms with E-state index in [0.717, 1.165) is 5.39 Å². The van der Waals surface area contributed by atoms with E-state index in [0.29, 0.717) is 11.2 Å². The van der Waals surface area contributed by atoms with Gasteiger partial charge in [0.15, 0.2) is 0 Å². The quantitative estimate of drug-likeness (QED) is 0.713. The summed E-state index contributed by atoms with van der Waals surface area (Å²) in [7, 11) is 3.28. The Labute approximate surface area is 142 Å². The Bertz CT molecular complexity index is 911. The molecule has 0 radical (unpaired) electrons. The third-order valence-corrected chi connectivity index (χ3v) is 3.82. The van der Waals surface area contributed by atoms with Crippen LogP contribution in [-0.2, 0) is 13.6 Å². The van der Waals surface area contributed by atoms with Crippen molar-refractivity contribution in [3.05, 3.63) is 54.1 Å². The number of carbonyl (C=O) groups is 1. The molecule has 0 aliphatic rings.